The molecule has 1 aliphatic rings. The summed E-state index contributed by atoms with van der Waals surface area (Å²) in [5, 5.41) is 0. The minimum absolute atomic E-state index is 0.350. The van der Waals surface area contributed by atoms with Crippen LogP contribution in [0, 0.1) is 0 Å². The van der Waals surface area contributed by atoms with Crippen LogP contribution in [0.15, 0.2) is 18.3 Å². The Morgan fingerprint density at radius 1 is 1.53 bits per heavy atom. The summed E-state index contributed by atoms with van der Waals surface area (Å²) in [6.45, 7) is 0.714. The first-order chi connectivity index (χ1) is 8.24. The largest absolute Gasteiger partial charge is 0.368 e. The molecule has 0 bridgehead atoms. The van der Waals surface area contributed by atoms with Crippen molar-refractivity contribution in [2.24, 2.45) is 5.73 Å². The first-order valence-electron chi connectivity index (χ1n) is 5.70. The van der Waals surface area contributed by atoms with Gasteiger partial charge in [-0.25, -0.2) is 4.98 Å². The molecule has 1 aromatic heterocycles. The fraction of sp³-hybridized carbons (Fsp3) is 0.417. The molecule has 17 heavy (non-hydrogen) atoms. The maximum absolute atomic E-state index is 11.4. The minimum Gasteiger partial charge on any atom is -0.368 e. The Bertz CT molecular complexity index is 434. The Kier molecular flexibility index (Phi) is 3.37. The lowest BCUT2D eigenvalue weighted by atomic mass is 10.0. The zero-order valence-corrected chi connectivity index (χ0v) is 9.50. The third-order valence-corrected chi connectivity index (χ3v) is 3.05. The van der Waals surface area contributed by atoms with Crippen LogP contribution < -0.4 is 10.6 Å². The molecule has 1 atom stereocenters. The molecule has 1 aromatic rings. The molecule has 5 heteroatoms. The molecule has 0 aromatic carbocycles. The molecule has 0 saturated carbocycles. The number of carbonyl (C=O) groups excluding carboxylic acids is 2. The fourth-order valence-corrected chi connectivity index (χ4v) is 2.22. The molecule has 2 N–H and O–H groups in total. The van der Waals surface area contributed by atoms with Gasteiger partial charge >= 0.3 is 0 Å². The second kappa shape index (κ2) is 4.95. The van der Waals surface area contributed by atoms with Crippen molar-refractivity contribution in [3.8, 4) is 0 Å². The highest BCUT2D eigenvalue weighted by atomic mass is 16.1. The van der Waals surface area contributed by atoms with Crippen LogP contribution in [0.2, 0.25) is 0 Å². The van der Waals surface area contributed by atoms with Crippen molar-refractivity contribution in [3.05, 3.63) is 23.9 Å². The van der Waals surface area contributed by atoms with Crippen LogP contribution in [-0.2, 0) is 4.79 Å². The number of pyridine rings is 1. The lowest BCUT2D eigenvalue weighted by Crippen LogP contribution is -2.48. The molecule has 0 radical (unpaired) electrons. The summed E-state index contributed by atoms with van der Waals surface area (Å²) in [5.41, 5.74) is 5.89. The summed E-state index contributed by atoms with van der Waals surface area (Å²) in [6.07, 6.45) is 5.07. The van der Waals surface area contributed by atoms with Gasteiger partial charge in [0.2, 0.25) is 5.91 Å². The number of aromatic nitrogens is 1. The van der Waals surface area contributed by atoms with Crippen molar-refractivity contribution < 1.29 is 9.59 Å². The molecule has 1 saturated heterocycles. The van der Waals surface area contributed by atoms with E-state index in [4.69, 9.17) is 5.73 Å². The number of amides is 1. The summed E-state index contributed by atoms with van der Waals surface area (Å²) in [7, 11) is 0. The molecule has 0 aliphatic carbocycles. The van der Waals surface area contributed by atoms with E-state index < -0.39 is 0 Å². The number of piperidine rings is 1. The Morgan fingerprint density at radius 3 is 3.06 bits per heavy atom. The molecule has 5 nitrogen and oxygen atoms in total. The lowest BCUT2D eigenvalue weighted by molar-refractivity contribution is -0.119. The third-order valence-electron chi connectivity index (χ3n) is 3.05. The summed E-state index contributed by atoms with van der Waals surface area (Å²) < 4.78 is 0. The molecule has 1 unspecified atom stereocenters. The summed E-state index contributed by atoms with van der Waals surface area (Å²) >= 11 is 0. The van der Waals surface area contributed by atoms with Crippen LogP contribution in [0.4, 0.5) is 5.82 Å². The first-order valence-corrected chi connectivity index (χ1v) is 5.70. The SMILES string of the molecule is NC(=O)C1CCCCN1c1ncccc1C=O. The topological polar surface area (TPSA) is 76.3 Å². The average Bonchev–Trinajstić information content (AvgIpc) is 2.38. The molecular formula is C12H15N3O2. The van der Waals surface area contributed by atoms with E-state index in [-0.39, 0.29) is 11.9 Å². The van der Waals surface area contributed by atoms with Gasteiger partial charge in [-0.05, 0) is 31.4 Å². The predicted octanol–water partition coefficient (Wildman–Crippen LogP) is 0.738. The number of carbonyl (C=O) groups is 2. The van der Waals surface area contributed by atoms with Gasteiger partial charge in [0.05, 0.1) is 5.56 Å². The molecule has 1 aliphatic heterocycles. The predicted molar refractivity (Wildman–Crippen MR) is 63.8 cm³/mol. The van der Waals surface area contributed by atoms with Gasteiger partial charge in [0.15, 0.2) is 6.29 Å². The molecule has 1 fully saturated rings. The highest BCUT2D eigenvalue weighted by molar-refractivity contribution is 5.87. The number of hydrogen-bond donors (Lipinski definition) is 1. The number of nitrogens with zero attached hydrogens (tertiary/aromatic N) is 2. The first kappa shape index (κ1) is 11.6. The molecule has 90 valence electrons. The number of aldehydes is 1. The maximum atomic E-state index is 11.4. The Labute approximate surface area is 99.6 Å². The van der Waals surface area contributed by atoms with Crippen molar-refractivity contribution in [2.75, 3.05) is 11.4 Å². The molecule has 2 heterocycles. The quantitative estimate of drug-likeness (QED) is 0.781. The summed E-state index contributed by atoms with van der Waals surface area (Å²) in [4.78, 5) is 28.4. The minimum atomic E-state index is -0.354. The van der Waals surface area contributed by atoms with E-state index in [9.17, 15) is 9.59 Å². The van der Waals surface area contributed by atoms with Gasteiger partial charge in [-0.2, -0.15) is 0 Å². The van der Waals surface area contributed by atoms with Gasteiger partial charge in [0, 0.05) is 12.7 Å². The zero-order valence-electron chi connectivity index (χ0n) is 9.50. The Hall–Kier alpha value is -1.91. The summed E-state index contributed by atoms with van der Waals surface area (Å²) in [5.74, 6) is 0.207. The van der Waals surface area contributed by atoms with Crippen molar-refractivity contribution in [1.82, 2.24) is 4.98 Å². The number of anilines is 1. The lowest BCUT2D eigenvalue weighted by Gasteiger charge is -2.35. The van der Waals surface area contributed by atoms with Crippen LogP contribution in [0.3, 0.4) is 0 Å². The average molecular weight is 233 g/mol. The van der Waals surface area contributed by atoms with E-state index in [2.05, 4.69) is 4.98 Å². The number of nitrogens with two attached hydrogens (primary N) is 1. The van der Waals surface area contributed by atoms with E-state index in [1.54, 1.807) is 18.3 Å². The highest BCUT2D eigenvalue weighted by Crippen LogP contribution is 2.24. The third kappa shape index (κ3) is 2.27. The monoisotopic (exact) mass is 233 g/mol. The van der Waals surface area contributed by atoms with Crippen molar-refractivity contribution in [2.45, 2.75) is 25.3 Å². The molecule has 1 amide bonds. The normalized spacial score (nSPS) is 20.0. The number of hydrogen-bond acceptors (Lipinski definition) is 4. The van der Waals surface area contributed by atoms with Crippen LogP contribution in [0.5, 0.6) is 0 Å². The van der Waals surface area contributed by atoms with E-state index >= 15 is 0 Å². The standard InChI is InChI=1S/C12H15N3O2/c13-11(17)10-5-1-2-7-15(10)12-9(8-16)4-3-6-14-12/h3-4,6,8,10H,1-2,5,7H2,(H2,13,17). The molecular weight excluding hydrogens is 218 g/mol. The van der Waals surface area contributed by atoms with Crippen LogP contribution in [0.1, 0.15) is 29.6 Å². The van der Waals surface area contributed by atoms with Gasteiger partial charge in [-0.3, -0.25) is 9.59 Å². The zero-order chi connectivity index (χ0) is 12.3. The van der Waals surface area contributed by atoms with E-state index in [1.807, 2.05) is 4.90 Å². The van der Waals surface area contributed by atoms with Crippen LogP contribution >= 0.6 is 0 Å². The smallest absolute Gasteiger partial charge is 0.240 e. The highest BCUT2D eigenvalue weighted by Gasteiger charge is 2.29. The van der Waals surface area contributed by atoms with Crippen LogP contribution in [-0.4, -0.2) is 29.8 Å². The molecule has 0 spiro atoms. The van der Waals surface area contributed by atoms with Crippen molar-refractivity contribution in [1.29, 1.82) is 0 Å². The Morgan fingerprint density at radius 2 is 2.35 bits per heavy atom. The fourth-order valence-electron chi connectivity index (χ4n) is 2.22. The van der Waals surface area contributed by atoms with Gasteiger partial charge in [0.25, 0.3) is 0 Å². The van der Waals surface area contributed by atoms with E-state index in [0.29, 0.717) is 17.9 Å². The second-order valence-corrected chi connectivity index (χ2v) is 4.14. The Balaban J connectivity index is 2.35. The van der Waals surface area contributed by atoms with E-state index in [1.165, 1.54) is 0 Å². The number of primary amides is 1. The second-order valence-electron chi connectivity index (χ2n) is 4.14. The van der Waals surface area contributed by atoms with Gasteiger partial charge in [-0.1, -0.05) is 0 Å². The van der Waals surface area contributed by atoms with Crippen LogP contribution in [0.25, 0.3) is 0 Å². The van der Waals surface area contributed by atoms with Crippen molar-refractivity contribution >= 4 is 18.0 Å². The van der Waals surface area contributed by atoms with Gasteiger partial charge < -0.3 is 10.6 Å². The van der Waals surface area contributed by atoms with Gasteiger partial charge in [-0.15, -0.1) is 0 Å². The maximum Gasteiger partial charge on any atom is 0.240 e. The van der Waals surface area contributed by atoms with E-state index in [0.717, 1.165) is 25.5 Å². The van der Waals surface area contributed by atoms with Crippen molar-refractivity contribution in [3.63, 3.8) is 0 Å². The summed E-state index contributed by atoms with van der Waals surface area (Å²) in [6, 6.07) is 3.05. The molecule has 2 rings (SSSR count). The van der Waals surface area contributed by atoms with Gasteiger partial charge in [0.1, 0.15) is 11.9 Å². The number of rotatable bonds is 3.